The number of anilines is 1. The van der Waals surface area contributed by atoms with Crippen molar-refractivity contribution >= 4 is 23.8 Å². The standard InChI is InChI=1S/C39H56N4O14/c1-41(38(49)54-22-24-10-11-28(26(40)19-24)56-37-34(46)32(44)33(45)35(57-37)36(47)48)16-17-42(2)39(50)55-25-13-15-43(21-25)27-7-5-6-8-29(27)53-18-14-23-9-12-30(51-3)31(20-23)52-4/h9-12,19-20,25,27,29,32-35,37,44-46H,5-8,13-18,21-22,40H2,1-4H3,(H,47,48)/t25?,27-,29+,32?,33?,34?,35?,37?/m1/s1. The Bertz CT molecular complexity index is 1670. The number of likely N-dealkylation sites (tertiary alicyclic amines) is 1. The molecule has 57 heavy (non-hydrogen) atoms. The molecule has 5 rings (SSSR count). The van der Waals surface area contributed by atoms with E-state index in [1.807, 2.05) is 18.2 Å². The van der Waals surface area contributed by atoms with E-state index in [1.54, 1.807) is 28.3 Å². The molecule has 2 aliphatic heterocycles. The van der Waals surface area contributed by atoms with Crippen molar-refractivity contribution < 1.29 is 68.0 Å². The van der Waals surface area contributed by atoms with Gasteiger partial charge < -0.3 is 69.1 Å². The Hall–Kier alpha value is -4.59. The summed E-state index contributed by atoms with van der Waals surface area (Å²) in [6.45, 7) is 2.29. The van der Waals surface area contributed by atoms with E-state index in [9.17, 15) is 34.8 Å². The fourth-order valence-corrected chi connectivity index (χ4v) is 7.24. The van der Waals surface area contributed by atoms with Gasteiger partial charge in [0.2, 0.25) is 6.29 Å². The smallest absolute Gasteiger partial charge is 0.409 e. The van der Waals surface area contributed by atoms with Crippen molar-refractivity contribution in [3.05, 3.63) is 47.5 Å². The summed E-state index contributed by atoms with van der Waals surface area (Å²) in [7, 11) is 6.40. The van der Waals surface area contributed by atoms with Crippen LogP contribution in [-0.2, 0) is 36.8 Å². The molecule has 316 valence electrons. The van der Waals surface area contributed by atoms with Crippen molar-refractivity contribution in [1.82, 2.24) is 14.7 Å². The first-order valence-corrected chi connectivity index (χ1v) is 19.1. The number of carbonyl (C=O) groups excluding carboxylic acids is 2. The van der Waals surface area contributed by atoms with Gasteiger partial charge in [0.05, 0.1) is 32.6 Å². The third-order valence-corrected chi connectivity index (χ3v) is 10.6. The van der Waals surface area contributed by atoms with E-state index in [-0.39, 0.29) is 49.4 Å². The molecule has 2 saturated heterocycles. The molecule has 0 bridgehead atoms. The van der Waals surface area contributed by atoms with Crippen LogP contribution in [-0.4, -0.2) is 163 Å². The molecule has 1 saturated carbocycles. The van der Waals surface area contributed by atoms with Gasteiger partial charge in [-0.1, -0.05) is 25.0 Å². The quantitative estimate of drug-likeness (QED) is 0.152. The average molecular weight is 805 g/mol. The van der Waals surface area contributed by atoms with E-state index < -0.39 is 48.9 Å². The number of hydrogen-bond acceptors (Lipinski definition) is 15. The Morgan fingerprint density at radius 2 is 1.54 bits per heavy atom. The fourth-order valence-electron chi connectivity index (χ4n) is 7.24. The van der Waals surface area contributed by atoms with Gasteiger partial charge in [0.25, 0.3) is 0 Å². The minimum absolute atomic E-state index is 0.00464. The molecule has 0 radical (unpaired) electrons. The lowest BCUT2D eigenvalue weighted by Gasteiger charge is -2.38. The normalized spacial score (nSPS) is 26.3. The van der Waals surface area contributed by atoms with Crippen LogP contribution in [0.25, 0.3) is 0 Å². The highest BCUT2D eigenvalue weighted by molar-refractivity contribution is 5.73. The highest BCUT2D eigenvalue weighted by atomic mass is 16.7. The Kier molecular flexibility index (Phi) is 15.4. The van der Waals surface area contributed by atoms with Gasteiger partial charge in [-0.15, -0.1) is 0 Å². The second-order valence-corrected chi connectivity index (χ2v) is 14.6. The number of ether oxygens (including phenoxy) is 7. The number of rotatable bonds is 16. The molecule has 3 fully saturated rings. The molecule has 2 aromatic carbocycles. The highest BCUT2D eigenvalue weighted by Gasteiger charge is 2.48. The number of aliphatic carboxylic acids is 1. The van der Waals surface area contributed by atoms with Crippen LogP contribution in [0.2, 0.25) is 0 Å². The number of nitrogens with two attached hydrogens (primary N) is 1. The summed E-state index contributed by atoms with van der Waals surface area (Å²) in [5, 5.41) is 39.4. The number of carbonyl (C=O) groups is 3. The molecule has 18 heteroatoms. The maximum atomic E-state index is 13.0. The van der Waals surface area contributed by atoms with Crippen LogP contribution in [0, 0.1) is 0 Å². The number of nitrogens with zero attached hydrogens (tertiary/aromatic N) is 3. The number of benzene rings is 2. The van der Waals surface area contributed by atoms with Crippen molar-refractivity contribution in [2.75, 3.05) is 66.8 Å². The molecule has 0 spiro atoms. The molecule has 1 aliphatic carbocycles. The maximum absolute atomic E-state index is 13.0. The molecule has 2 aromatic rings. The van der Waals surface area contributed by atoms with Crippen LogP contribution in [0.5, 0.6) is 17.2 Å². The van der Waals surface area contributed by atoms with Crippen molar-refractivity contribution in [2.24, 2.45) is 0 Å². The van der Waals surface area contributed by atoms with Crippen LogP contribution in [0.15, 0.2) is 36.4 Å². The van der Waals surface area contributed by atoms with Crippen molar-refractivity contribution in [3.8, 4) is 17.2 Å². The van der Waals surface area contributed by atoms with Crippen LogP contribution in [0.1, 0.15) is 43.2 Å². The molecular formula is C39H56N4O14. The number of hydrogen-bond donors (Lipinski definition) is 5. The number of carboxylic acid groups (broad SMARTS) is 1. The number of nitrogen functional groups attached to an aromatic ring is 1. The topological polar surface area (TPSA) is 232 Å². The monoisotopic (exact) mass is 804 g/mol. The number of aliphatic hydroxyl groups excluding tert-OH is 3. The van der Waals surface area contributed by atoms with Gasteiger partial charge in [-0.25, -0.2) is 14.4 Å². The minimum Gasteiger partial charge on any atom is -0.493 e. The van der Waals surface area contributed by atoms with Crippen LogP contribution in [0.3, 0.4) is 0 Å². The first kappa shape index (κ1) is 43.5. The first-order chi connectivity index (χ1) is 27.3. The summed E-state index contributed by atoms with van der Waals surface area (Å²) in [5.41, 5.74) is 7.74. The third-order valence-electron chi connectivity index (χ3n) is 10.6. The molecule has 2 heterocycles. The lowest BCUT2D eigenvalue weighted by molar-refractivity contribution is -0.271. The van der Waals surface area contributed by atoms with Gasteiger partial charge in [0, 0.05) is 46.3 Å². The largest absolute Gasteiger partial charge is 0.493 e. The average Bonchev–Trinajstić information content (AvgIpc) is 3.67. The lowest BCUT2D eigenvalue weighted by Crippen LogP contribution is -2.61. The van der Waals surface area contributed by atoms with Gasteiger partial charge in [-0.2, -0.15) is 0 Å². The van der Waals surface area contributed by atoms with Crippen molar-refractivity contribution in [1.29, 1.82) is 0 Å². The van der Waals surface area contributed by atoms with E-state index in [2.05, 4.69) is 4.90 Å². The predicted octanol–water partition coefficient (Wildman–Crippen LogP) is 1.84. The predicted molar refractivity (Wildman–Crippen MR) is 203 cm³/mol. The summed E-state index contributed by atoms with van der Waals surface area (Å²) < 4.78 is 39.1. The number of amides is 2. The minimum atomic E-state index is -1.86. The molecule has 8 atom stereocenters. The summed E-state index contributed by atoms with van der Waals surface area (Å²) in [6, 6.07) is 10.6. The molecular weight excluding hydrogens is 748 g/mol. The first-order valence-electron chi connectivity index (χ1n) is 19.1. The Morgan fingerprint density at radius 1 is 0.860 bits per heavy atom. The van der Waals surface area contributed by atoms with Crippen LogP contribution < -0.4 is 19.9 Å². The Labute approximate surface area is 331 Å². The maximum Gasteiger partial charge on any atom is 0.409 e. The molecule has 6 unspecified atom stereocenters. The number of aliphatic hydroxyl groups is 3. The van der Waals surface area contributed by atoms with Gasteiger partial charge >= 0.3 is 18.2 Å². The van der Waals surface area contributed by atoms with Crippen molar-refractivity contribution in [2.45, 2.75) is 94.1 Å². The van der Waals surface area contributed by atoms with Crippen LogP contribution >= 0.6 is 0 Å². The van der Waals surface area contributed by atoms with E-state index in [0.717, 1.165) is 50.6 Å². The van der Waals surface area contributed by atoms with Gasteiger partial charge in [0.1, 0.15) is 36.8 Å². The zero-order chi connectivity index (χ0) is 41.2. The molecule has 2 amide bonds. The van der Waals surface area contributed by atoms with E-state index in [1.165, 1.54) is 28.0 Å². The molecule has 0 aromatic heterocycles. The molecule has 18 nitrogen and oxygen atoms in total. The lowest BCUT2D eigenvalue weighted by atomic mass is 9.91. The van der Waals surface area contributed by atoms with Gasteiger partial charge in [0.15, 0.2) is 17.6 Å². The number of likely N-dealkylation sites (N-methyl/N-ethyl adjacent to an activating group) is 2. The molecule has 6 N–H and O–H groups in total. The fraction of sp³-hybridized carbons (Fsp3) is 0.615. The Balaban J connectivity index is 1.01. The van der Waals surface area contributed by atoms with E-state index >= 15 is 0 Å². The summed E-state index contributed by atoms with van der Waals surface area (Å²) in [5.74, 6) is -0.152. The van der Waals surface area contributed by atoms with Gasteiger partial charge in [-0.05, 0) is 61.1 Å². The zero-order valence-electron chi connectivity index (χ0n) is 32.9. The summed E-state index contributed by atoms with van der Waals surface area (Å²) >= 11 is 0. The second-order valence-electron chi connectivity index (χ2n) is 14.6. The second kappa shape index (κ2) is 20.2. The number of carboxylic acids is 1. The van der Waals surface area contributed by atoms with E-state index in [0.29, 0.717) is 30.2 Å². The van der Waals surface area contributed by atoms with Gasteiger partial charge in [-0.3, -0.25) is 4.90 Å². The SMILES string of the molecule is COc1ccc(CCO[C@H]2CCCC[C@H]2N2CCC(OC(=O)N(C)CCN(C)C(=O)OCc3ccc(OC4OC(C(=O)O)C(O)C(O)C4O)c(N)c3)C2)cc1OC. The Morgan fingerprint density at radius 3 is 2.25 bits per heavy atom. The summed E-state index contributed by atoms with van der Waals surface area (Å²) in [4.78, 5) is 42.2. The summed E-state index contributed by atoms with van der Waals surface area (Å²) in [6.07, 6.45) is -4.39. The number of methoxy groups -OCH3 is 2. The van der Waals surface area contributed by atoms with Crippen LogP contribution in [0.4, 0.5) is 15.3 Å². The van der Waals surface area contributed by atoms with Crippen molar-refractivity contribution in [3.63, 3.8) is 0 Å². The highest BCUT2D eigenvalue weighted by Crippen LogP contribution is 2.32. The molecule has 3 aliphatic rings. The zero-order valence-corrected chi connectivity index (χ0v) is 32.9. The van der Waals surface area contributed by atoms with E-state index in [4.69, 9.17) is 38.9 Å². The third kappa shape index (κ3) is 11.3.